The molecule has 1 heterocycles. The Morgan fingerprint density at radius 3 is 2.26 bits per heavy atom. The van der Waals surface area contributed by atoms with Crippen molar-refractivity contribution in [3.63, 3.8) is 0 Å². The van der Waals surface area contributed by atoms with Crippen molar-refractivity contribution < 1.29 is 17.3 Å². The second kappa shape index (κ2) is 13.7. The average molecular weight is 563 g/mol. The Kier molecular flexibility index (Phi) is 11.7. The van der Waals surface area contributed by atoms with Gasteiger partial charge in [0.1, 0.15) is 5.82 Å². The monoisotopic (exact) mass is 560 g/mol. The Hall–Kier alpha value is -1.27. The molecule has 1 aromatic heterocycles. The van der Waals surface area contributed by atoms with Crippen LogP contribution in [-0.4, -0.2) is 35.6 Å². The minimum absolute atomic E-state index is 0. The Labute approximate surface area is 228 Å². The highest BCUT2D eigenvalue weighted by molar-refractivity contribution is 6.40. The number of aromatic nitrogens is 2. The molecule has 0 bridgehead atoms. The van der Waals surface area contributed by atoms with Gasteiger partial charge in [-0.1, -0.05) is 46.4 Å². The SMILES string of the molecule is CC[NH+](CC)CCCC(C)Nc1nc(/C=C/c2c(Cl)cc(Cl)cc2Cl)nc2cc(Cl)ccc12.[Cl-]. The largest absolute Gasteiger partial charge is 1.00 e. The molecule has 0 saturated carbocycles. The van der Waals surface area contributed by atoms with E-state index < -0.39 is 0 Å². The lowest BCUT2D eigenvalue weighted by atomic mass is 10.1. The smallest absolute Gasteiger partial charge is 0.154 e. The van der Waals surface area contributed by atoms with E-state index in [2.05, 4.69) is 31.1 Å². The first-order chi connectivity index (χ1) is 15.8. The zero-order valence-electron chi connectivity index (χ0n) is 19.4. The van der Waals surface area contributed by atoms with Crippen LogP contribution in [0.4, 0.5) is 5.82 Å². The van der Waals surface area contributed by atoms with E-state index in [1.165, 1.54) is 6.54 Å². The highest BCUT2D eigenvalue weighted by Crippen LogP contribution is 2.31. The lowest BCUT2D eigenvalue weighted by molar-refractivity contribution is -0.896. The standard InChI is InChI=1S/C25H28Cl4N4.ClH/c1-4-33(5-2)12-6-7-16(3)30-25-20-9-8-17(26)15-23(20)31-24(32-25)11-10-19-21(28)13-18(27)14-22(19)29;/h8-11,13-16H,4-7,12H2,1-3H3,(H,30,31,32);1H/b11-10+;. The minimum atomic E-state index is 0. The molecule has 4 nitrogen and oxygen atoms in total. The normalized spacial score (nSPS) is 12.4. The van der Waals surface area contributed by atoms with Crippen molar-refractivity contribution in [2.45, 2.75) is 39.7 Å². The summed E-state index contributed by atoms with van der Waals surface area (Å²) in [5, 5.41) is 6.56. The zero-order valence-corrected chi connectivity index (χ0v) is 23.2. The van der Waals surface area contributed by atoms with E-state index in [0.29, 0.717) is 31.5 Å². The van der Waals surface area contributed by atoms with Crippen LogP contribution in [0.25, 0.3) is 23.1 Å². The van der Waals surface area contributed by atoms with Crippen LogP contribution in [0.3, 0.4) is 0 Å². The topological polar surface area (TPSA) is 42.2 Å². The predicted molar refractivity (Wildman–Crippen MR) is 144 cm³/mol. The van der Waals surface area contributed by atoms with Gasteiger partial charge in [-0.2, -0.15) is 0 Å². The number of hydrogen-bond donors (Lipinski definition) is 2. The molecule has 1 unspecified atom stereocenters. The molecule has 9 heteroatoms. The second-order valence-corrected chi connectivity index (χ2v) is 9.79. The van der Waals surface area contributed by atoms with Crippen molar-refractivity contribution >= 4 is 75.3 Å². The van der Waals surface area contributed by atoms with Gasteiger partial charge in [0, 0.05) is 27.0 Å². The van der Waals surface area contributed by atoms with Gasteiger partial charge in [0.2, 0.25) is 0 Å². The highest BCUT2D eigenvalue weighted by Gasteiger charge is 2.12. The average Bonchev–Trinajstić information content (AvgIpc) is 2.75. The number of halogens is 5. The molecule has 0 amide bonds. The van der Waals surface area contributed by atoms with Crippen molar-refractivity contribution in [3.8, 4) is 0 Å². The molecule has 1 atom stereocenters. The van der Waals surface area contributed by atoms with E-state index in [0.717, 1.165) is 42.7 Å². The summed E-state index contributed by atoms with van der Waals surface area (Å²) < 4.78 is 0. The molecule has 0 aliphatic rings. The molecular weight excluding hydrogens is 534 g/mol. The van der Waals surface area contributed by atoms with Gasteiger partial charge in [-0.3, -0.25) is 0 Å². The number of quaternary nitrogens is 1. The maximum atomic E-state index is 6.32. The van der Waals surface area contributed by atoms with E-state index in [1.807, 2.05) is 18.2 Å². The Balaban J connectivity index is 0.00000408. The predicted octanol–water partition coefficient (Wildman–Crippen LogP) is 3.92. The Bertz CT molecular complexity index is 1110. The van der Waals surface area contributed by atoms with Crippen LogP contribution in [-0.2, 0) is 0 Å². The summed E-state index contributed by atoms with van der Waals surface area (Å²) in [4.78, 5) is 11.1. The maximum Gasteiger partial charge on any atom is 0.154 e. The Morgan fingerprint density at radius 1 is 0.941 bits per heavy atom. The number of hydrogen-bond acceptors (Lipinski definition) is 3. The molecule has 0 saturated heterocycles. The molecule has 0 fully saturated rings. The molecular formula is C25H29Cl5N4. The first-order valence-corrected chi connectivity index (χ1v) is 12.7. The summed E-state index contributed by atoms with van der Waals surface area (Å²) >= 11 is 24.9. The fourth-order valence-electron chi connectivity index (χ4n) is 3.74. The van der Waals surface area contributed by atoms with Gasteiger partial charge in [-0.25, -0.2) is 9.97 Å². The molecule has 3 rings (SSSR count). The molecule has 0 aliphatic carbocycles. The second-order valence-electron chi connectivity index (χ2n) is 8.10. The molecule has 0 aliphatic heterocycles. The lowest BCUT2D eigenvalue weighted by Crippen LogP contribution is -3.11. The summed E-state index contributed by atoms with van der Waals surface area (Å²) in [5.74, 6) is 1.32. The highest BCUT2D eigenvalue weighted by atomic mass is 35.5. The van der Waals surface area contributed by atoms with Gasteiger partial charge in [0.25, 0.3) is 0 Å². The van der Waals surface area contributed by atoms with Gasteiger partial charge < -0.3 is 22.6 Å². The van der Waals surface area contributed by atoms with Gasteiger partial charge in [-0.05, 0) is 76.1 Å². The first-order valence-electron chi connectivity index (χ1n) is 11.2. The van der Waals surface area contributed by atoms with Crippen LogP contribution in [0.1, 0.15) is 45.0 Å². The van der Waals surface area contributed by atoms with Crippen LogP contribution in [0.2, 0.25) is 20.1 Å². The summed E-state index contributed by atoms with van der Waals surface area (Å²) in [6.45, 7) is 10.1. The number of nitrogens with zero attached hydrogens (tertiary/aromatic N) is 2. The summed E-state index contributed by atoms with van der Waals surface area (Å²) in [6, 6.07) is 9.24. The maximum absolute atomic E-state index is 6.32. The van der Waals surface area contributed by atoms with Crippen molar-refractivity contribution in [2.75, 3.05) is 25.0 Å². The van der Waals surface area contributed by atoms with Crippen molar-refractivity contribution in [3.05, 3.63) is 61.8 Å². The van der Waals surface area contributed by atoms with Crippen molar-refractivity contribution in [2.24, 2.45) is 0 Å². The number of anilines is 1. The quantitative estimate of drug-likeness (QED) is 0.394. The minimum Gasteiger partial charge on any atom is -1.00 e. The fourth-order valence-corrected chi connectivity index (χ4v) is 4.85. The van der Waals surface area contributed by atoms with Crippen LogP contribution in [0.15, 0.2) is 30.3 Å². The van der Waals surface area contributed by atoms with E-state index >= 15 is 0 Å². The van der Waals surface area contributed by atoms with Crippen LogP contribution < -0.4 is 22.6 Å². The van der Waals surface area contributed by atoms with E-state index in [9.17, 15) is 0 Å². The van der Waals surface area contributed by atoms with Crippen molar-refractivity contribution in [1.29, 1.82) is 0 Å². The molecule has 34 heavy (non-hydrogen) atoms. The summed E-state index contributed by atoms with van der Waals surface area (Å²) in [5.41, 5.74) is 1.44. The number of fused-ring (bicyclic) bond motifs is 1. The van der Waals surface area contributed by atoms with E-state index in [-0.39, 0.29) is 18.4 Å². The third kappa shape index (κ3) is 7.87. The molecule has 3 aromatic rings. The zero-order chi connectivity index (χ0) is 24.0. The van der Waals surface area contributed by atoms with Gasteiger partial charge in [0.05, 0.1) is 35.2 Å². The van der Waals surface area contributed by atoms with Gasteiger partial charge in [-0.15, -0.1) is 0 Å². The van der Waals surface area contributed by atoms with E-state index in [1.54, 1.807) is 29.2 Å². The lowest BCUT2D eigenvalue weighted by Gasteiger charge is -2.19. The summed E-state index contributed by atoms with van der Waals surface area (Å²) in [7, 11) is 0. The number of nitrogens with one attached hydrogen (secondary N) is 2. The molecule has 2 aromatic carbocycles. The van der Waals surface area contributed by atoms with Gasteiger partial charge in [0.15, 0.2) is 5.82 Å². The van der Waals surface area contributed by atoms with Gasteiger partial charge >= 0.3 is 0 Å². The molecule has 0 spiro atoms. The van der Waals surface area contributed by atoms with E-state index in [4.69, 9.17) is 51.4 Å². The Morgan fingerprint density at radius 2 is 1.62 bits per heavy atom. The van der Waals surface area contributed by atoms with Crippen LogP contribution in [0, 0.1) is 0 Å². The summed E-state index contributed by atoms with van der Waals surface area (Å²) in [6.07, 6.45) is 5.80. The third-order valence-corrected chi connectivity index (χ3v) is 6.75. The fraction of sp³-hybridized carbons (Fsp3) is 0.360. The molecule has 184 valence electrons. The van der Waals surface area contributed by atoms with Crippen molar-refractivity contribution in [1.82, 2.24) is 9.97 Å². The number of benzene rings is 2. The first kappa shape index (κ1) is 29.0. The molecule has 0 radical (unpaired) electrons. The number of rotatable bonds is 10. The van der Waals surface area contributed by atoms with Crippen LogP contribution in [0.5, 0.6) is 0 Å². The molecule has 2 N–H and O–H groups in total. The van der Waals surface area contributed by atoms with Crippen LogP contribution >= 0.6 is 46.4 Å². The third-order valence-electron chi connectivity index (χ3n) is 5.67.